The van der Waals surface area contributed by atoms with E-state index in [2.05, 4.69) is 29.8 Å². The highest BCUT2D eigenvalue weighted by Gasteiger charge is 2.19. The van der Waals surface area contributed by atoms with E-state index in [9.17, 15) is 14.4 Å². The monoisotopic (exact) mass is 827 g/mol. The zero-order valence-corrected chi connectivity index (χ0v) is 32.7. The summed E-state index contributed by atoms with van der Waals surface area (Å²) >= 11 is 38.1. The van der Waals surface area contributed by atoms with Crippen LogP contribution in [0.5, 0.6) is 11.5 Å². The van der Waals surface area contributed by atoms with E-state index in [0.717, 1.165) is 48.4 Å². The number of rotatable bonds is 17. The number of carbonyl (C=O) groups is 3. The third kappa shape index (κ3) is 12.5. The first-order chi connectivity index (χ1) is 24.8. The van der Waals surface area contributed by atoms with Crippen molar-refractivity contribution in [3.8, 4) is 11.5 Å². The molecule has 0 spiro atoms. The number of esters is 2. The molecule has 0 unspecified atom stereocenters. The minimum atomic E-state index is -0.990. The molecule has 15 heteroatoms. The van der Waals surface area contributed by atoms with Gasteiger partial charge in [0.1, 0.15) is 19.8 Å². The van der Waals surface area contributed by atoms with Crippen molar-refractivity contribution in [3.05, 3.63) is 113 Å². The molecule has 0 fully saturated rings. The molecular formula is C37H35Cl6N3O6. The van der Waals surface area contributed by atoms with E-state index in [1.54, 1.807) is 12.1 Å². The summed E-state index contributed by atoms with van der Waals surface area (Å²) in [4.78, 5) is 37.7. The summed E-state index contributed by atoms with van der Waals surface area (Å²) in [5, 5.41) is 10.5. The van der Waals surface area contributed by atoms with E-state index < -0.39 is 24.4 Å². The molecule has 0 aliphatic rings. The van der Waals surface area contributed by atoms with Gasteiger partial charge in [0.05, 0.1) is 26.5 Å². The van der Waals surface area contributed by atoms with Crippen LogP contribution in [-0.4, -0.2) is 37.5 Å². The molecule has 0 bridgehead atoms. The molecule has 0 aliphatic heterocycles. The first-order valence-electron chi connectivity index (χ1n) is 16.2. The second kappa shape index (κ2) is 20.0. The fourth-order valence-corrected chi connectivity index (χ4v) is 6.58. The molecule has 0 aliphatic carbocycles. The SMILES string of the molecule is CCCNc1cc(Cl)cc(COc2c(Cl)cc(CC(=O)OC(=O)CNC(=O)c3cc(Cl)c(OCc4cc(Cl)cc(NCCC)c4)c(Cl)c3)cc2Cl)c1. The fourth-order valence-electron chi connectivity index (χ4n) is 4.82. The number of hydrogen-bond acceptors (Lipinski definition) is 8. The van der Waals surface area contributed by atoms with Crippen molar-refractivity contribution in [1.82, 2.24) is 5.32 Å². The molecule has 0 heterocycles. The molecule has 276 valence electrons. The Kier molecular flexibility index (Phi) is 15.9. The topological polar surface area (TPSA) is 115 Å². The Bertz CT molecular complexity index is 1880. The standard InChI is InChI=1S/C37H35Cl6N3O6/c1-3-5-44-27-9-22(7-25(38)16-27)19-50-35-29(40)11-21(12-30(35)41)13-33(47)52-34(48)18-46-37(49)24-14-31(42)36(32(43)15-24)51-20-23-8-26(39)17-28(10-23)45-6-4-2/h7-12,14-17,44-45H,3-6,13,18-20H2,1-2H3,(H,46,49). The van der Waals surface area contributed by atoms with E-state index in [1.165, 1.54) is 24.3 Å². The van der Waals surface area contributed by atoms with Gasteiger partial charge in [-0.15, -0.1) is 0 Å². The summed E-state index contributed by atoms with van der Waals surface area (Å²) in [7, 11) is 0. The maximum atomic E-state index is 12.8. The predicted molar refractivity (Wildman–Crippen MR) is 209 cm³/mol. The van der Waals surface area contributed by atoms with Crippen molar-refractivity contribution in [2.24, 2.45) is 0 Å². The second-order valence-electron chi connectivity index (χ2n) is 11.5. The van der Waals surface area contributed by atoms with Crippen LogP contribution in [0.25, 0.3) is 0 Å². The lowest BCUT2D eigenvalue weighted by molar-refractivity contribution is -0.158. The first kappa shape index (κ1) is 41.2. The lowest BCUT2D eigenvalue weighted by Crippen LogP contribution is -2.32. The van der Waals surface area contributed by atoms with E-state index in [0.29, 0.717) is 15.6 Å². The summed E-state index contributed by atoms with van der Waals surface area (Å²) in [6.45, 7) is 5.35. The van der Waals surface area contributed by atoms with Crippen molar-refractivity contribution < 1.29 is 28.6 Å². The lowest BCUT2D eigenvalue weighted by atomic mass is 10.1. The summed E-state index contributed by atoms with van der Waals surface area (Å²) in [6.07, 6.45) is 1.59. The molecule has 52 heavy (non-hydrogen) atoms. The highest BCUT2D eigenvalue weighted by molar-refractivity contribution is 6.38. The highest BCUT2D eigenvalue weighted by atomic mass is 35.5. The number of carbonyl (C=O) groups excluding carboxylic acids is 3. The Labute approximate surface area is 332 Å². The molecule has 1 amide bonds. The summed E-state index contributed by atoms with van der Waals surface area (Å²) < 4.78 is 16.6. The average Bonchev–Trinajstić information content (AvgIpc) is 3.07. The molecule has 0 radical (unpaired) electrons. The molecule has 0 atom stereocenters. The van der Waals surface area contributed by atoms with Gasteiger partial charge in [-0.3, -0.25) is 9.59 Å². The summed E-state index contributed by atoms with van der Waals surface area (Å²) in [6, 6.07) is 16.6. The van der Waals surface area contributed by atoms with Gasteiger partial charge < -0.3 is 30.2 Å². The van der Waals surface area contributed by atoms with Crippen molar-refractivity contribution in [1.29, 1.82) is 0 Å². The van der Waals surface area contributed by atoms with Crippen molar-refractivity contribution >= 4 is 98.8 Å². The fraction of sp³-hybridized carbons (Fsp3) is 0.270. The van der Waals surface area contributed by atoms with Crippen LogP contribution in [0.1, 0.15) is 53.7 Å². The number of anilines is 2. The van der Waals surface area contributed by atoms with E-state index >= 15 is 0 Å². The second-order valence-corrected chi connectivity index (χ2v) is 14.0. The van der Waals surface area contributed by atoms with Gasteiger partial charge in [-0.2, -0.15) is 0 Å². The Morgan fingerprint density at radius 2 is 1.04 bits per heavy atom. The zero-order chi connectivity index (χ0) is 37.8. The van der Waals surface area contributed by atoms with Gasteiger partial charge in [0, 0.05) is 40.1 Å². The maximum absolute atomic E-state index is 12.8. The Morgan fingerprint density at radius 3 is 1.50 bits per heavy atom. The third-order valence-electron chi connectivity index (χ3n) is 7.13. The van der Waals surface area contributed by atoms with Crippen LogP contribution in [0.15, 0.2) is 60.7 Å². The summed E-state index contributed by atoms with van der Waals surface area (Å²) in [5.41, 5.74) is 3.74. The van der Waals surface area contributed by atoms with E-state index in [-0.39, 0.29) is 56.8 Å². The number of hydrogen-bond donors (Lipinski definition) is 3. The highest BCUT2D eigenvalue weighted by Crippen LogP contribution is 2.36. The van der Waals surface area contributed by atoms with Gasteiger partial charge >= 0.3 is 11.9 Å². The van der Waals surface area contributed by atoms with Gasteiger partial charge in [-0.25, -0.2) is 4.79 Å². The first-order valence-corrected chi connectivity index (χ1v) is 18.4. The Hall–Kier alpha value is -3.57. The third-order valence-corrected chi connectivity index (χ3v) is 8.69. The quantitative estimate of drug-likeness (QED) is 0.0712. The molecule has 4 aromatic rings. The van der Waals surface area contributed by atoms with Crippen molar-refractivity contribution in [2.45, 2.75) is 46.3 Å². The average molecular weight is 830 g/mol. The van der Waals surface area contributed by atoms with E-state index in [4.69, 9.17) is 83.8 Å². The van der Waals surface area contributed by atoms with Gasteiger partial charge in [0.25, 0.3) is 5.91 Å². The van der Waals surface area contributed by atoms with Crippen LogP contribution in [0.4, 0.5) is 11.4 Å². The van der Waals surface area contributed by atoms with Crippen LogP contribution in [-0.2, 0) is 34.0 Å². The lowest BCUT2D eigenvalue weighted by Gasteiger charge is -2.14. The molecule has 4 aromatic carbocycles. The van der Waals surface area contributed by atoms with Gasteiger partial charge in [0.2, 0.25) is 0 Å². The number of benzene rings is 4. The number of halogens is 6. The normalized spacial score (nSPS) is 10.8. The molecule has 0 saturated carbocycles. The number of nitrogens with one attached hydrogen (secondary N) is 3. The van der Waals surface area contributed by atoms with Crippen LogP contribution < -0.4 is 25.4 Å². The Morgan fingerprint density at radius 1 is 0.577 bits per heavy atom. The van der Waals surface area contributed by atoms with Crippen LogP contribution in [0.2, 0.25) is 30.1 Å². The smallest absolute Gasteiger partial charge is 0.333 e. The number of ether oxygens (including phenoxy) is 3. The molecule has 0 saturated heterocycles. The molecule has 9 nitrogen and oxygen atoms in total. The predicted octanol–water partition coefficient (Wildman–Crippen LogP) is 10.5. The molecular weight excluding hydrogens is 795 g/mol. The van der Waals surface area contributed by atoms with Crippen molar-refractivity contribution in [3.63, 3.8) is 0 Å². The van der Waals surface area contributed by atoms with Crippen molar-refractivity contribution in [2.75, 3.05) is 30.3 Å². The van der Waals surface area contributed by atoms with Crippen LogP contribution in [0, 0.1) is 0 Å². The van der Waals surface area contributed by atoms with Gasteiger partial charge in [-0.1, -0.05) is 83.5 Å². The zero-order valence-electron chi connectivity index (χ0n) is 28.1. The summed E-state index contributed by atoms with van der Waals surface area (Å²) in [5.74, 6) is -2.16. The molecule has 0 aromatic heterocycles. The molecule has 4 rings (SSSR count). The van der Waals surface area contributed by atoms with Crippen LogP contribution >= 0.6 is 69.6 Å². The van der Waals surface area contributed by atoms with Gasteiger partial charge in [0.15, 0.2) is 11.5 Å². The molecule has 3 N–H and O–H groups in total. The largest absolute Gasteiger partial charge is 0.486 e. The Balaban J connectivity index is 1.27. The van der Waals surface area contributed by atoms with Gasteiger partial charge in [-0.05, 0) is 90.2 Å². The van der Waals surface area contributed by atoms with E-state index in [1.807, 2.05) is 24.3 Å². The maximum Gasteiger partial charge on any atom is 0.333 e. The number of amides is 1. The minimum absolute atomic E-state index is 0.0610. The minimum Gasteiger partial charge on any atom is -0.486 e. The van der Waals surface area contributed by atoms with Crippen LogP contribution in [0.3, 0.4) is 0 Å².